The van der Waals surface area contributed by atoms with Crippen molar-refractivity contribution in [2.24, 2.45) is 11.7 Å². The Morgan fingerprint density at radius 1 is 1.53 bits per heavy atom. The SMILES string of the molecule is Cc1ncccc1CC(=O)N1CCC[C@H](C(N)=O)C1. The Balaban J connectivity index is 2.00. The first-order valence-corrected chi connectivity index (χ1v) is 6.55. The lowest BCUT2D eigenvalue weighted by molar-refractivity contribution is -0.134. The number of hydrogen-bond donors (Lipinski definition) is 1. The van der Waals surface area contributed by atoms with Gasteiger partial charge in [0, 0.05) is 25.0 Å². The zero-order valence-corrected chi connectivity index (χ0v) is 11.1. The third-order valence-corrected chi connectivity index (χ3v) is 3.63. The van der Waals surface area contributed by atoms with E-state index in [9.17, 15) is 9.59 Å². The van der Waals surface area contributed by atoms with E-state index in [0.717, 1.165) is 24.1 Å². The number of carbonyl (C=O) groups is 2. The molecule has 5 heteroatoms. The van der Waals surface area contributed by atoms with Crippen molar-refractivity contribution in [2.45, 2.75) is 26.2 Å². The fourth-order valence-corrected chi connectivity index (χ4v) is 2.42. The standard InChI is InChI=1S/C14H19N3O2/c1-10-11(4-2-6-16-10)8-13(18)17-7-3-5-12(9-17)14(15)19/h2,4,6,12H,3,5,7-9H2,1H3,(H2,15,19)/t12-/m0/s1. The molecule has 0 aromatic carbocycles. The van der Waals surface area contributed by atoms with Crippen molar-refractivity contribution in [2.75, 3.05) is 13.1 Å². The first-order chi connectivity index (χ1) is 9.08. The van der Waals surface area contributed by atoms with Crippen molar-refractivity contribution in [1.82, 2.24) is 9.88 Å². The van der Waals surface area contributed by atoms with Crippen LogP contribution in [0.3, 0.4) is 0 Å². The van der Waals surface area contributed by atoms with Crippen LogP contribution in [-0.4, -0.2) is 34.8 Å². The molecule has 5 nitrogen and oxygen atoms in total. The lowest BCUT2D eigenvalue weighted by atomic mass is 9.97. The van der Waals surface area contributed by atoms with Crippen LogP contribution in [0, 0.1) is 12.8 Å². The maximum absolute atomic E-state index is 12.2. The minimum atomic E-state index is -0.310. The average molecular weight is 261 g/mol. The number of primary amides is 1. The highest BCUT2D eigenvalue weighted by atomic mass is 16.2. The van der Waals surface area contributed by atoms with Gasteiger partial charge in [0.15, 0.2) is 0 Å². The van der Waals surface area contributed by atoms with Gasteiger partial charge in [0.05, 0.1) is 12.3 Å². The Labute approximate surface area is 112 Å². The Bertz CT molecular complexity index is 487. The van der Waals surface area contributed by atoms with Gasteiger partial charge < -0.3 is 10.6 Å². The summed E-state index contributed by atoms with van der Waals surface area (Å²) in [6.07, 6.45) is 3.68. The summed E-state index contributed by atoms with van der Waals surface area (Å²) in [6.45, 7) is 3.06. The highest BCUT2D eigenvalue weighted by Gasteiger charge is 2.26. The molecule has 0 bridgehead atoms. The van der Waals surface area contributed by atoms with E-state index in [1.165, 1.54) is 0 Å². The van der Waals surface area contributed by atoms with E-state index in [2.05, 4.69) is 4.98 Å². The Hall–Kier alpha value is -1.91. The number of rotatable bonds is 3. The molecule has 1 aromatic rings. The molecule has 0 saturated carbocycles. The molecule has 0 aliphatic carbocycles. The number of aromatic nitrogens is 1. The van der Waals surface area contributed by atoms with Gasteiger partial charge in [-0.2, -0.15) is 0 Å². The number of hydrogen-bond acceptors (Lipinski definition) is 3. The highest BCUT2D eigenvalue weighted by Crippen LogP contribution is 2.17. The van der Waals surface area contributed by atoms with Crippen LogP contribution in [0.25, 0.3) is 0 Å². The third-order valence-electron chi connectivity index (χ3n) is 3.63. The van der Waals surface area contributed by atoms with Crippen molar-refractivity contribution in [3.63, 3.8) is 0 Å². The molecule has 1 aromatic heterocycles. The number of piperidine rings is 1. The van der Waals surface area contributed by atoms with Gasteiger partial charge in [0.2, 0.25) is 11.8 Å². The molecule has 1 fully saturated rings. The number of amides is 2. The van der Waals surface area contributed by atoms with Crippen LogP contribution in [0.1, 0.15) is 24.1 Å². The molecule has 2 amide bonds. The number of carbonyl (C=O) groups excluding carboxylic acids is 2. The zero-order chi connectivity index (χ0) is 13.8. The maximum Gasteiger partial charge on any atom is 0.227 e. The van der Waals surface area contributed by atoms with Crippen LogP contribution in [0.5, 0.6) is 0 Å². The summed E-state index contributed by atoms with van der Waals surface area (Å²) < 4.78 is 0. The summed E-state index contributed by atoms with van der Waals surface area (Å²) in [7, 11) is 0. The lowest BCUT2D eigenvalue weighted by Crippen LogP contribution is -2.44. The van der Waals surface area contributed by atoms with E-state index < -0.39 is 0 Å². The molecule has 0 radical (unpaired) electrons. The molecule has 102 valence electrons. The minimum Gasteiger partial charge on any atom is -0.369 e. The normalized spacial score (nSPS) is 19.2. The van der Waals surface area contributed by atoms with Gasteiger partial charge >= 0.3 is 0 Å². The Morgan fingerprint density at radius 2 is 2.32 bits per heavy atom. The third kappa shape index (κ3) is 3.30. The monoisotopic (exact) mass is 261 g/mol. The largest absolute Gasteiger partial charge is 0.369 e. The first-order valence-electron chi connectivity index (χ1n) is 6.55. The first kappa shape index (κ1) is 13.5. The quantitative estimate of drug-likeness (QED) is 0.868. The molecule has 2 N–H and O–H groups in total. The fourth-order valence-electron chi connectivity index (χ4n) is 2.42. The van der Waals surface area contributed by atoms with Crippen molar-refractivity contribution >= 4 is 11.8 Å². The number of aryl methyl sites for hydroxylation is 1. The van der Waals surface area contributed by atoms with E-state index in [0.29, 0.717) is 19.5 Å². The summed E-state index contributed by atoms with van der Waals surface area (Å²) >= 11 is 0. The van der Waals surface area contributed by atoms with E-state index in [4.69, 9.17) is 5.73 Å². The van der Waals surface area contributed by atoms with Crippen LogP contribution < -0.4 is 5.73 Å². The molecular weight excluding hydrogens is 242 g/mol. The highest BCUT2D eigenvalue weighted by molar-refractivity contribution is 5.81. The molecule has 2 rings (SSSR count). The number of pyridine rings is 1. The summed E-state index contributed by atoms with van der Waals surface area (Å²) in [5, 5.41) is 0. The smallest absolute Gasteiger partial charge is 0.227 e. The van der Waals surface area contributed by atoms with Crippen LogP contribution >= 0.6 is 0 Å². The van der Waals surface area contributed by atoms with Gasteiger partial charge in [-0.15, -0.1) is 0 Å². The van der Waals surface area contributed by atoms with Gasteiger partial charge in [-0.1, -0.05) is 6.07 Å². The predicted molar refractivity (Wildman–Crippen MR) is 71.2 cm³/mol. The predicted octanol–water partition coefficient (Wildman–Crippen LogP) is 0.656. The van der Waals surface area contributed by atoms with E-state index in [1.54, 1.807) is 11.1 Å². The molecule has 19 heavy (non-hydrogen) atoms. The summed E-state index contributed by atoms with van der Waals surface area (Å²) in [4.78, 5) is 29.4. The fraction of sp³-hybridized carbons (Fsp3) is 0.500. The number of nitrogens with two attached hydrogens (primary N) is 1. The van der Waals surface area contributed by atoms with Crippen molar-refractivity contribution < 1.29 is 9.59 Å². The summed E-state index contributed by atoms with van der Waals surface area (Å²) in [5.41, 5.74) is 7.13. The van der Waals surface area contributed by atoms with Crippen molar-refractivity contribution in [3.05, 3.63) is 29.6 Å². The van der Waals surface area contributed by atoms with Crippen LogP contribution in [0.15, 0.2) is 18.3 Å². The van der Waals surface area contributed by atoms with Crippen LogP contribution in [0.4, 0.5) is 0 Å². The molecule has 0 unspecified atom stereocenters. The average Bonchev–Trinajstić information content (AvgIpc) is 2.41. The van der Waals surface area contributed by atoms with Gasteiger partial charge in [-0.05, 0) is 31.4 Å². The Morgan fingerprint density at radius 3 is 3.00 bits per heavy atom. The van der Waals surface area contributed by atoms with Crippen molar-refractivity contribution in [3.8, 4) is 0 Å². The Kier molecular flexibility index (Phi) is 4.14. The second-order valence-corrected chi connectivity index (χ2v) is 5.01. The second kappa shape index (κ2) is 5.82. The molecule has 1 aliphatic rings. The lowest BCUT2D eigenvalue weighted by Gasteiger charge is -2.31. The minimum absolute atomic E-state index is 0.0436. The maximum atomic E-state index is 12.2. The van der Waals surface area contributed by atoms with Gasteiger partial charge in [0.25, 0.3) is 0 Å². The van der Waals surface area contributed by atoms with E-state index in [1.807, 2.05) is 19.1 Å². The molecule has 1 saturated heterocycles. The number of nitrogens with zero attached hydrogens (tertiary/aromatic N) is 2. The zero-order valence-electron chi connectivity index (χ0n) is 11.1. The summed E-state index contributed by atoms with van der Waals surface area (Å²) in [6, 6.07) is 3.74. The molecule has 0 spiro atoms. The van der Waals surface area contributed by atoms with Crippen LogP contribution in [-0.2, 0) is 16.0 Å². The van der Waals surface area contributed by atoms with E-state index in [-0.39, 0.29) is 17.7 Å². The second-order valence-electron chi connectivity index (χ2n) is 5.01. The molecule has 1 atom stereocenters. The van der Waals surface area contributed by atoms with Gasteiger partial charge in [-0.3, -0.25) is 14.6 Å². The van der Waals surface area contributed by atoms with Gasteiger partial charge in [0.1, 0.15) is 0 Å². The van der Waals surface area contributed by atoms with Crippen molar-refractivity contribution in [1.29, 1.82) is 0 Å². The molecule has 2 heterocycles. The van der Waals surface area contributed by atoms with E-state index >= 15 is 0 Å². The van der Waals surface area contributed by atoms with Gasteiger partial charge in [-0.25, -0.2) is 0 Å². The topological polar surface area (TPSA) is 76.3 Å². The molecule has 1 aliphatic heterocycles. The van der Waals surface area contributed by atoms with Crippen LogP contribution in [0.2, 0.25) is 0 Å². The summed E-state index contributed by atoms with van der Waals surface area (Å²) in [5.74, 6) is -0.468. The number of likely N-dealkylation sites (tertiary alicyclic amines) is 1. The molecular formula is C14H19N3O2.